The molecule has 0 atom stereocenters. The highest BCUT2D eigenvalue weighted by atomic mass is 32.1. The quantitative estimate of drug-likeness (QED) is 0.667. The van der Waals surface area contributed by atoms with E-state index in [1.54, 1.807) is 11.3 Å². The fourth-order valence-corrected chi connectivity index (χ4v) is 4.02. The SMILES string of the molecule is Cc1ccc2nc(-c3cccs3)cc(C(=O)N3CCCCC3)c2c1. The maximum Gasteiger partial charge on any atom is 0.254 e. The number of nitrogens with zero attached hydrogens (tertiary/aromatic N) is 2. The Hall–Kier alpha value is -2.20. The molecule has 1 aliphatic heterocycles. The molecule has 0 saturated carbocycles. The van der Waals surface area contributed by atoms with Gasteiger partial charge in [-0.25, -0.2) is 4.98 Å². The number of hydrogen-bond donors (Lipinski definition) is 0. The topological polar surface area (TPSA) is 33.2 Å². The normalized spacial score (nSPS) is 15.0. The van der Waals surface area contributed by atoms with Crippen molar-refractivity contribution in [2.45, 2.75) is 26.2 Å². The number of rotatable bonds is 2. The van der Waals surface area contributed by atoms with Gasteiger partial charge in [-0.3, -0.25) is 4.79 Å². The number of piperidine rings is 1. The zero-order valence-electron chi connectivity index (χ0n) is 13.8. The fraction of sp³-hybridized carbons (Fsp3) is 0.300. The molecule has 1 saturated heterocycles. The predicted octanol–water partition coefficient (Wildman–Crippen LogP) is 4.90. The number of hydrogen-bond acceptors (Lipinski definition) is 3. The van der Waals surface area contributed by atoms with Crippen LogP contribution in [0.5, 0.6) is 0 Å². The van der Waals surface area contributed by atoms with Gasteiger partial charge in [0.25, 0.3) is 5.91 Å². The fourth-order valence-electron chi connectivity index (χ4n) is 3.33. The van der Waals surface area contributed by atoms with Crippen LogP contribution in [0.25, 0.3) is 21.5 Å². The first-order valence-corrected chi connectivity index (χ1v) is 9.35. The lowest BCUT2D eigenvalue weighted by molar-refractivity contribution is 0.0726. The van der Waals surface area contributed by atoms with Crippen molar-refractivity contribution in [2.24, 2.45) is 0 Å². The van der Waals surface area contributed by atoms with Gasteiger partial charge in [-0.05, 0) is 55.8 Å². The Bertz CT molecular complexity index is 880. The van der Waals surface area contributed by atoms with E-state index in [2.05, 4.69) is 25.1 Å². The van der Waals surface area contributed by atoms with E-state index < -0.39 is 0 Å². The van der Waals surface area contributed by atoms with Gasteiger partial charge in [0, 0.05) is 18.5 Å². The Morgan fingerprint density at radius 3 is 2.71 bits per heavy atom. The zero-order chi connectivity index (χ0) is 16.5. The number of fused-ring (bicyclic) bond motifs is 1. The van der Waals surface area contributed by atoms with E-state index in [9.17, 15) is 4.79 Å². The van der Waals surface area contributed by atoms with Crippen LogP contribution >= 0.6 is 11.3 Å². The van der Waals surface area contributed by atoms with Crippen LogP contribution in [0.2, 0.25) is 0 Å². The monoisotopic (exact) mass is 336 g/mol. The van der Waals surface area contributed by atoms with E-state index in [0.717, 1.165) is 58.5 Å². The molecule has 122 valence electrons. The highest BCUT2D eigenvalue weighted by molar-refractivity contribution is 7.13. The molecule has 1 amide bonds. The zero-order valence-corrected chi connectivity index (χ0v) is 14.6. The lowest BCUT2D eigenvalue weighted by Gasteiger charge is -2.27. The van der Waals surface area contributed by atoms with Gasteiger partial charge < -0.3 is 4.90 Å². The third-order valence-corrected chi connectivity index (χ3v) is 5.50. The average Bonchev–Trinajstić information content (AvgIpc) is 3.16. The van der Waals surface area contributed by atoms with Crippen molar-refractivity contribution in [1.29, 1.82) is 0 Å². The van der Waals surface area contributed by atoms with Crippen LogP contribution in [-0.2, 0) is 0 Å². The molecule has 0 N–H and O–H groups in total. The van der Waals surface area contributed by atoms with Crippen LogP contribution in [0.1, 0.15) is 35.2 Å². The maximum atomic E-state index is 13.1. The van der Waals surface area contributed by atoms with Crippen molar-refractivity contribution >= 4 is 28.1 Å². The smallest absolute Gasteiger partial charge is 0.254 e. The summed E-state index contributed by atoms with van der Waals surface area (Å²) in [5.41, 5.74) is 3.73. The molecule has 0 unspecified atom stereocenters. The molecule has 1 aliphatic rings. The molecule has 24 heavy (non-hydrogen) atoms. The second-order valence-electron chi connectivity index (χ2n) is 6.41. The van der Waals surface area contributed by atoms with Gasteiger partial charge in [0.05, 0.1) is 21.7 Å². The molecule has 1 aromatic carbocycles. The van der Waals surface area contributed by atoms with Gasteiger partial charge in [0.2, 0.25) is 0 Å². The van der Waals surface area contributed by atoms with E-state index in [-0.39, 0.29) is 5.91 Å². The molecule has 4 rings (SSSR count). The summed E-state index contributed by atoms with van der Waals surface area (Å²) in [5, 5.41) is 3.01. The van der Waals surface area contributed by atoms with Crippen molar-refractivity contribution in [2.75, 3.05) is 13.1 Å². The molecule has 1 fully saturated rings. The number of aryl methyl sites for hydroxylation is 1. The van der Waals surface area contributed by atoms with Crippen LogP contribution in [-0.4, -0.2) is 28.9 Å². The van der Waals surface area contributed by atoms with E-state index in [1.165, 1.54) is 6.42 Å². The van der Waals surface area contributed by atoms with Crippen molar-refractivity contribution in [1.82, 2.24) is 9.88 Å². The molecule has 0 radical (unpaired) electrons. The summed E-state index contributed by atoms with van der Waals surface area (Å²) in [6.07, 6.45) is 3.43. The lowest BCUT2D eigenvalue weighted by Crippen LogP contribution is -2.35. The molecule has 0 aliphatic carbocycles. The second-order valence-corrected chi connectivity index (χ2v) is 7.35. The van der Waals surface area contributed by atoms with Crippen molar-refractivity contribution < 1.29 is 4.79 Å². The highest BCUT2D eigenvalue weighted by Gasteiger charge is 2.21. The molecular weight excluding hydrogens is 316 g/mol. The third kappa shape index (κ3) is 2.82. The van der Waals surface area contributed by atoms with Gasteiger partial charge in [0.1, 0.15) is 0 Å². The Kier molecular flexibility index (Phi) is 4.07. The van der Waals surface area contributed by atoms with Crippen molar-refractivity contribution in [3.63, 3.8) is 0 Å². The number of pyridine rings is 1. The lowest BCUT2D eigenvalue weighted by atomic mass is 10.0. The van der Waals surface area contributed by atoms with Crippen LogP contribution < -0.4 is 0 Å². The summed E-state index contributed by atoms with van der Waals surface area (Å²) in [7, 11) is 0. The van der Waals surface area contributed by atoms with Gasteiger partial charge in [-0.2, -0.15) is 0 Å². The summed E-state index contributed by atoms with van der Waals surface area (Å²) in [6.45, 7) is 3.79. The first-order valence-electron chi connectivity index (χ1n) is 8.47. The number of amides is 1. The van der Waals surface area contributed by atoms with Gasteiger partial charge in [-0.1, -0.05) is 17.7 Å². The van der Waals surface area contributed by atoms with Crippen LogP contribution in [0.3, 0.4) is 0 Å². The van der Waals surface area contributed by atoms with E-state index >= 15 is 0 Å². The average molecular weight is 336 g/mol. The summed E-state index contributed by atoms with van der Waals surface area (Å²) in [4.78, 5) is 21.0. The molecule has 3 heterocycles. The third-order valence-electron chi connectivity index (χ3n) is 4.61. The van der Waals surface area contributed by atoms with Gasteiger partial charge >= 0.3 is 0 Å². The number of carbonyl (C=O) groups is 1. The summed E-state index contributed by atoms with van der Waals surface area (Å²) < 4.78 is 0. The van der Waals surface area contributed by atoms with Crippen molar-refractivity contribution in [3.8, 4) is 10.6 Å². The standard InChI is InChI=1S/C20H20N2OS/c1-14-7-8-17-15(12-14)16(20(23)22-9-3-2-4-10-22)13-18(21-17)19-6-5-11-24-19/h5-8,11-13H,2-4,9-10H2,1H3. The number of benzene rings is 1. The second kappa shape index (κ2) is 6.36. The Morgan fingerprint density at radius 2 is 1.96 bits per heavy atom. The molecule has 0 bridgehead atoms. The Labute approximate surface area is 146 Å². The molecule has 2 aromatic heterocycles. The molecule has 0 spiro atoms. The minimum atomic E-state index is 0.144. The van der Waals surface area contributed by atoms with Crippen LogP contribution in [0.4, 0.5) is 0 Å². The summed E-state index contributed by atoms with van der Waals surface area (Å²) in [5.74, 6) is 0.144. The number of thiophene rings is 1. The first-order chi connectivity index (χ1) is 11.7. The summed E-state index contributed by atoms with van der Waals surface area (Å²) in [6, 6.07) is 12.2. The van der Waals surface area contributed by atoms with E-state index in [1.807, 2.05) is 28.5 Å². The van der Waals surface area contributed by atoms with Crippen LogP contribution in [0, 0.1) is 6.92 Å². The Morgan fingerprint density at radius 1 is 1.12 bits per heavy atom. The number of likely N-dealkylation sites (tertiary alicyclic amines) is 1. The van der Waals surface area contributed by atoms with E-state index in [0.29, 0.717) is 0 Å². The summed E-state index contributed by atoms with van der Waals surface area (Å²) >= 11 is 1.66. The van der Waals surface area contributed by atoms with Crippen LogP contribution in [0.15, 0.2) is 41.8 Å². The minimum Gasteiger partial charge on any atom is -0.339 e. The molecule has 3 nitrogen and oxygen atoms in total. The van der Waals surface area contributed by atoms with Crippen molar-refractivity contribution in [3.05, 3.63) is 52.9 Å². The number of carbonyl (C=O) groups excluding carboxylic acids is 1. The highest BCUT2D eigenvalue weighted by Crippen LogP contribution is 2.29. The predicted molar refractivity (Wildman–Crippen MR) is 99.5 cm³/mol. The number of aromatic nitrogens is 1. The first kappa shape index (κ1) is 15.3. The van der Waals surface area contributed by atoms with Gasteiger partial charge in [0.15, 0.2) is 0 Å². The molecule has 4 heteroatoms. The molecular formula is C20H20N2OS. The Balaban J connectivity index is 1.87. The maximum absolute atomic E-state index is 13.1. The minimum absolute atomic E-state index is 0.144. The largest absolute Gasteiger partial charge is 0.339 e. The molecule has 3 aromatic rings. The van der Waals surface area contributed by atoms with Gasteiger partial charge in [-0.15, -0.1) is 11.3 Å². The van der Waals surface area contributed by atoms with E-state index in [4.69, 9.17) is 4.98 Å².